The molecule has 5 heteroatoms. The van der Waals surface area contributed by atoms with Crippen molar-refractivity contribution in [1.29, 1.82) is 0 Å². The van der Waals surface area contributed by atoms with Crippen LogP contribution in [-0.2, 0) is 31.9 Å². The Labute approximate surface area is 398 Å². The molecule has 4 nitrogen and oxygen atoms in total. The van der Waals surface area contributed by atoms with E-state index in [1.165, 1.54) is 11.1 Å². The number of phenolic OH excluding ortho intramolecular Hbond substituents is 1. The van der Waals surface area contributed by atoms with E-state index in [1.807, 2.05) is 6.07 Å². The van der Waals surface area contributed by atoms with Gasteiger partial charge in [0.05, 0.1) is 17.1 Å². The molecule has 0 saturated heterocycles. The van der Waals surface area contributed by atoms with E-state index in [0.717, 1.165) is 95.0 Å². The minimum absolute atomic E-state index is 0. The van der Waals surface area contributed by atoms with Crippen molar-refractivity contribution < 1.29 is 26.2 Å². The van der Waals surface area contributed by atoms with Crippen molar-refractivity contribution in [2.75, 3.05) is 0 Å². The number of rotatable bonds is 8. The average molecular weight is 1030 g/mol. The smallest absolute Gasteiger partial charge is 0.125 e. The SMILES string of the molecule is CC(C)c1cccc(C(C)C)c1-n1cc(-c2ccc3c(n2)-c2c(O)cccc2C(C)(C)C3(C)C)nc1-c1cccc2ccc(-c3c(-c4ccccc4)cccc3-c3ccccc3)[c-]c12.[Pt]. The normalized spacial score (nSPS) is 13.7. The van der Waals surface area contributed by atoms with Gasteiger partial charge in [-0.25, -0.2) is 9.97 Å². The van der Waals surface area contributed by atoms with Crippen LogP contribution in [0.2, 0.25) is 0 Å². The van der Waals surface area contributed by atoms with Gasteiger partial charge in [-0.2, -0.15) is 0 Å². The van der Waals surface area contributed by atoms with E-state index in [9.17, 15) is 5.11 Å². The van der Waals surface area contributed by atoms with Crippen molar-refractivity contribution in [2.24, 2.45) is 0 Å². The van der Waals surface area contributed by atoms with Crippen molar-refractivity contribution in [3.05, 3.63) is 192 Å². The molecule has 2 heterocycles. The first kappa shape index (κ1) is 43.9. The maximum atomic E-state index is 11.5. The van der Waals surface area contributed by atoms with E-state index in [2.05, 4.69) is 218 Å². The van der Waals surface area contributed by atoms with E-state index < -0.39 is 0 Å². The molecule has 0 unspecified atom stereocenters. The zero-order chi connectivity index (χ0) is 44.5. The Morgan fingerprint density at radius 1 is 0.523 bits per heavy atom. The van der Waals surface area contributed by atoms with Gasteiger partial charge in [-0.3, -0.25) is 0 Å². The quantitative estimate of drug-likeness (QED) is 0.154. The van der Waals surface area contributed by atoms with Crippen LogP contribution in [0.5, 0.6) is 5.75 Å². The van der Waals surface area contributed by atoms with E-state index >= 15 is 0 Å². The molecule has 0 spiro atoms. The van der Waals surface area contributed by atoms with Crippen LogP contribution in [0, 0.1) is 6.07 Å². The third-order valence-corrected chi connectivity index (χ3v) is 14.2. The van der Waals surface area contributed by atoms with Crippen LogP contribution in [0.4, 0.5) is 0 Å². The van der Waals surface area contributed by atoms with Gasteiger partial charge in [0.2, 0.25) is 0 Å². The summed E-state index contributed by atoms with van der Waals surface area (Å²) in [4.78, 5) is 11.1. The number of nitrogens with zero attached hydrogens (tertiary/aromatic N) is 3. The van der Waals surface area contributed by atoms with Crippen LogP contribution in [0.15, 0.2) is 164 Å². The van der Waals surface area contributed by atoms with Crippen molar-refractivity contribution in [3.63, 3.8) is 0 Å². The van der Waals surface area contributed by atoms with Gasteiger partial charge in [0.25, 0.3) is 0 Å². The van der Waals surface area contributed by atoms with Gasteiger partial charge in [0, 0.05) is 38.2 Å². The minimum atomic E-state index is -0.252. The van der Waals surface area contributed by atoms with Gasteiger partial charge in [-0.05, 0) is 79.5 Å². The zero-order valence-corrected chi connectivity index (χ0v) is 40.6. The molecular formula is C60H54N3OPt-. The molecule has 2 aromatic heterocycles. The predicted octanol–water partition coefficient (Wildman–Crippen LogP) is 15.7. The summed E-state index contributed by atoms with van der Waals surface area (Å²) in [5, 5.41) is 13.6. The summed E-state index contributed by atoms with van der Waals surface area (Å²) in [5.74, 6) is 1.59. The van der Waals surface area contributed by atoms with Gasteiger partial charge in [-0.15, -0.1) is 29.1 Å². The molecule has 0 bridgehead atoms. The predicted molar refractivity (Wildman–Crippen MR) is 266 cm³/mol. The van der Waals surface area contributed by atoms with E-state index in [1.54, 1.807) is 6.07 Å². The number of aromatic hydroxyl groups is 1. The first-order valence-electron chi connectivity index (χ1n) is 22.6. The van der Waals surface area contributed by atoms with Crippen molar-refractivity contribution in [3.8, 4) is 78.9 Å². The molecule has 7 aromatic carbocycles. The average Bonchev–Trinajstić information content (AvgIpc) is 3.75. The molecule has 65 heavy (non-hydrogen) atoms. The monoisotopic (exact) mass is 1030 g/mol. The Bertz CT molecular complexity index is 3150. The molecule has 326 valence electrons. The molecule has 0 fully saturated rings. The summed E-state index contributed by atoms with van der Waals surface area (Å²) in [6.45, 7) is 18.2. The Kier molecular flexibility index (Phi) is 11.4. The van der Waals surface area contributed by atoms with E-state index in [0.29, 0.717) is 0 Å². The van der Waals surface area contributed by atoms with Crippen LogP contribution in [0.3, 0.4) is 0 Å². The minimum Gasteiger partial charge on any atom is -0.507 e. The first-order chi connectivity index (χ1) is 30.8. The molecule has 0 aliphatic heterocycles. The summed E-state index contributed by atoms with van der Waals surface area (Å²) in [6, 6.07) is 59.8. The van der Waals surface area contributed by atoms with Gasteiger partial charge in [0.15, 0.2) is 0 Å². The number of imidazole rings is 1. The number of fused-ring (bicyclic) bond motifs is 4. The van der Waals surface area contributed by atoms with Crippen molar-refractivity contribution in [1.82, 2.24) is 14.5 Å². The standard InChI is InChI=1S/C60H54N3O.Pt/c1-37(2)43-24-16-25-44(38(3)4)57(43)63-36-52(51-34-33-50-56(61-51)55-49(29-18-30-53(55)64)59(5,6)60(50,7)8)62-58(63)47-28-15-23-41-31-32-42(35-48(41)47)54-45(39-19-11-9-12-20-39)26-17-27-46(54)40-21-13-10-14-22-40;/h9-34,36-38,64H,1-8H3;/q-1;. The number of para-hydroxylation sites is 1. The number of pyridine rings is 1. The van der Waals surface area contributed by atoms with Crippen LogP contribution < -0.4 is 0 Å². The third-order valence-electron chi connectivity index (χ3n) is 14.2. The maximum Gasteiger partial charge on any atom is 0.125 e. The molecule has 0 radical (unpaired) electrons. The summed E-state index contributed by atoms with van der Waals surface area (Å²) >= 11 is 0. The summed E-state index contributed by atoms with van der Waals surface area (Å²) in [5.41, 5.74) is 16.3. The Morgan fingerprint density at radius 3 is 1.72 bits per heavy atom. The Hall–Kier alpha value is -6.35. The van der Waals surface area contributed by atoms with Gasteiger partial charge >= 0.3 is 0 Å². The Balaban J connectivity index is 0.00000533. The second-order valence-electron chi connectivity index (χ2n) is 19.1. The summed E-state index contributed by atoms with van der Waals surface area (Å²) < 4.78 is 2.32. The fourth-order valence-electron chi connectivity index (χ4n) is 10.0. The van der Waals surface area contributed by atoms with Crippen molar-refractivity contribution >= 4 is 10.8 Å². The van der Waals surface area contributed by atoms with E-state index in [4.69, 9.17) is 9.97 Å². The topological polar surface area (TPSA) is 50.9 Å². The molecule has 0 amide bonds. The maximum absolute atomic E-state index is 11.5. The van der Waals surface area contributed by atoms with Gasteiger partial charge < -0.3 is 9.67 Å². The molecule has 10 rings (SSSR count). The molecule has 1 aliphatic carbocycles. The molecule has 1 N–H and O–H groups in total. The molecular weight excluding hydrogens is 974 g/mol. The third kappa shape index (κ3) is 7.28. The van der Waals surface area contributed by atoms with Crippen molar-refractivity contribution in [2.45, 2.75) is 78.1 Å². The second-order valence-corrected chi connectivity index (χ2v) is 19.1. The fraction of sp³-hybridized carbons (Fsp3) is 0.200. The summed E-state index contributed by atoms with van der Waals surface area (Å²) in [7, 11) is 0. The first-order valence-corrected chi connectivity index (χ1v) is 22.6. The van der Waals surface area contributed by atoms with Crippen LogP contribution in [0.1, 0.15) is 89.5 Å². The van der Waals surface area contributed by atoms with E-state index in [-0.39, 0.29) is 49.5 Å². The number of benzene rings is 7. The van der Waals surface area contributed by atoms with Gasteiger partial charge in [0.1, 0.15) is 17.3 Å². The molecule has 0 atom stereocenters. The van der Waals surface area contributed by atoms with Gasteiger partial charge in [-0.1, -0.05) is 200 Å². The van der Waals surface area contributed by atoms with Crippen LogP contribution in [-0.4, -0.2) is 19.6 Å². The number of hydrogen-bond donors (Lipinski definition) is 1. The molecule has 0 saturated carbocycles. The molecule has 9 aromatic rings. The zero-order valence-electron chi connectivity index (χ0n) is 38.3. The summed E-state index contributed by atoms with van der Waals surface area (Å²) in [6.07, 6.45) is 2.18. The fourth-order valence-corrected chi connectivity index (χ4v) is 10.0. The second kappa shape index (κ2) is 16.9. The van der Waals surface area contributed by atoms with Crippen LogP contribution in [0.25, 0.3) is 83.9 Å². The molecule has 1 aliphatic rings. The Morgan fingerprint density at radius 2 is 1.09 bits per heavy atom. The number of aromatic nitrogens is 3. The number of hydrogen-bond acceptors (Lipinski definition) is 3. The van der Waals surface area contributed by atoms with Crippen LogP contribution >= 0.6 is 0 Å². The number of phenols is 1. The largest absolute Gasteiger partial charge is 0.507 e.